The predicted molar refractivity (Wildman–Crippen MR) is 151 cm³/mol. The summed E-state index contributed by atoms with van der Waals surface area (Å²) in [4.78, 5) is 36.7. The number of unbranched alkanes of at least 4 members (excludes halogenated alkanes) is 15. The van der Waals surface area contributed by atoms with Crippen molar-refractivity contribution in [1.29, 1.82) is 0 Å². The molecule has 0 spiro atoms. The summed E-state index contributed by atoms with van der Waals surface area (Å²) in [5.74, 6) is -2.09. The third kappa shape index (κ3) is 23.3. The van der Waals surface area contributed by atoms with Gasteiger partial charge in [0.25, 0.3) is 0 Å². The molecule has 6 nitrogen and oxygen atoms in total. The highest BCUT2D eigenvalue weighted by Gasteiger charge is 2.26. The molecule has 0 aromatic carbocycles. The molecule has 0 saturated heterocycles. The van der Waals surface area contributed by atoms with Gasteiger partial charge in [-0.05, 0) is 19.3 Å². The van der Waals surface area contributed by atoms with Gasteiger partial charge in [-0.3, -0.25) is 14.4 Å². The number of carbonyl (C=O) groups is 3. The van der Waals surface area contributed by atoms with Gasteiger partial charge in [0.1, 0.15) is 12.7 Å². The first-order valence-corrected chi connectivity index (χ1v) is 15.5. The first-order valence-electron chi connectivity index (χ1n) is 15.5. The molecule has 2 unspecified atom stereocenters. The minimum Gasteiger partial charge on any atom is -0.481 e. The summed E-state index contributed by atoms with van der Waals surface area (Å²) in [6, 6.07) is 0. The van der Waals surface area contributed by atoms with Crippen LogP contribution < -0.4 is 0 Å². The number of rotatable bonds is 27. The van der Waals surface area contributed by atoms with Crippen molar-refractivity contribution >= 4 is 17.9 Å². The highest BCUT2D eigenvalue weighted by atomic mass is 16.6. The summed E-state index contributed by atoms with van der Waals surface area (Å²) < 4.78 is 11.1. The third-order valence-corrected chi connectivity index (χ3v) is 7.00. The van der Waals surface area contributed by atoms with Crippen molar-refractivity contribution in [3.05, 3.63) is 0 Å². The highest BCUT2D eigenvalue weighted by molar-refractivity contribution is 5.71. The van der Waals surface area contributed by atoms with Gasteiger partial charge in [0.2, 0.25) is 0 Å². The van der Waals surface area contributed by atoms with Crippen LogP contribution in [-0.4, -0.2) is 35.7 Å². The molecule has 0 bridgehead atoms. The first kappa shape index (κ1) is 35.4. The van der Waals surface area contributed by atoms with E-state index in [1.54, 1.807) is 0 Å². The van der Waals surface area contributed by atoms with Gasteiger partial charge in [0.05, 0.1) is 5.92 Å². The van der Waals surface area contributed by atoms with E-state index in [2.05, 4.69) is 20.8 Å². The molecule has 2 atom stereocenters. The van der Waals surface area contributed by atoms with Crippen LogP contribution in [0.25, 0.3) is 0 Å². The Hall–Kier alpha value is -1.59. The third-order valence-electron chi connectivity index (χ3n) is 7.00. The van der Waals surface area contributed by atoms with Crippen LogP contribution in [0.1, 0.15) is 162 Å². The summed E-state index contributed by atoms with van der Waals surface area (Å²) in [7, 11) is 0. The van der Waals surface area contributed by atoms with E-state index >= 15 is 0 Å². The van der Waals surface area contributed by atoms with Gasteiger partial charge in [-0.1, -0.05) is 124 Å². The van der Waals surface area contributed by atoms with Crippen molar-refractivity contribution in [1.82, 2.24) is 0 Å². The number of carbonyl (C=O) groups excluding carboxylic acids is 2. The number of aliphatic carboxylic acids is 1. The lowest BCUT2D eigenvalue weighted by molar-refractivity contribution is -0.162. The van der Waals surface area contributed by atoms with Gasteiger partial charge in [-0.2, -0.15) is 0 Å². The molecule has 0 aromatic heterocycles. The van der Waals surface area contributed by atoms with Crippen LogP contribution in [-0.2, 0) is 23.9 Å². The van der Waals surface area contributed by atoms with E-state index in [9.17, 15) is 19.5 Å². The maximum Gasteiger partial charge on any atom is 0.306 e. The van der Waals surface area contributed by atoms with Crippen LogP contribution in [0.5, 0.6) is 0 Å². The molecule has 6 heteroatoms. The standard InChI is InChI=1S/C31H58O6/c1-4-7-10-13-15-18-21-24-30(33)37-28(26-36-29(32)23-20-16-12-9-6-3)25-27(31(34)35)22-19-17-14-11-8-5-2/h27-28H,4-26H2,1-3H3,(H,34,35). The van der Waals surface area contributed by atoms with E-state index in [-0.39, 0.29) is 25.0 Å². The molecular formula is C31H58O6. The molecule has 0 radical (unpaired) electrons. The Morgan fingerprint density at radius 3 is 1.51 bits per heavy atom. The average molecular weight is 527 g/mol. The van der Waals surface area contributed by atoms with E-state index in [0.717, 1.165) is 64.2 Å². The monoisotopic (exact) mass is 526 g/mol. The lowest BCUT2D eigenvalue weighted by atomic mass is 9.94. The van der Waals surface area contributed by atoms with Crippen molar-refractivity contribution in [3.8, 4) is 0 Å². The maximum atomic E-state index is 12.5. The van der Waals surface area contributed by atoms with Crippen LogP contribution in [0.15, 0.2) is 0 Å². The first-order chi connectivity index (χ1) is 17.9. The lowest BCUT2D eigenvalue weighted by Crippen LogP contribution is -2.30. The second kappa shape index (κ2) is 26.0. The van der Waals surface area contributed by atoms with Crippen LogP contribution in [0.4, 0.5) is 0 Å². The van der Waals surface area contributed by atoms with Crippen LogP contribution in [0, 0.1) is 5.92 Å². The van der Waals surface area contributed by atoms with Crippen molar-refractivity contribution in [2.75, 3.05) is 6.61 Å². The minimum atomic E-state index is -0.871. The summed E-state index contributed by atoms with van der Waals surface area (Å²) in [6.45, 7) is 6.46. The van der Waals surface area contributed by atoms with Crippen molar-refractivity contribution in [3.63, 3.8) is 0 Å². The predicted octanol–water partition coefficient (Wildman–Crippen LogP) is 8.78. The topological polar surface area (TPSA) is 89.9 Å². The Morgan fingerprint density at radius 1 is 0.595 bits per heavy atom. The maximum absolute atomic E-state index is 12.5. The van der Waals surface area contributed by atoms with Crippen LogP contribution >= 0.6 is 0 Å². The van der Waals surface area contributed by atoms with E-state index in [1.807, 2.05) is 0 Å². The summed E-state index contributed by atoms with van der Waals surface area (Å²) in [6.07, 6.45) is 20.3. The van der Waals surface area contributed by atoms with Crippen molar-refractivity contribution < 1.29 is 29.0 Å². The SMILES string of the molecule is CCCCCCCCCC(=O)OC(COC(=O)CCCCCCC)CC(CCCCCCCC)C(=O)O. The molecule has 0 amide bonds. The molecule has 0 heterocycles. The van der Waals surface area contributed by atoms with Gasteiger partial charge < -0.3 is 14.6 Å². The summed E-state index contributed by atoms with van der Waals surface area (Å²) in [5, 5.41) is 9.78. The van der Waals surface area contributed by atoms with E-state index in [4.69, 9.17) is 9.47 Å². The number of ether oxygens (including phenoxy) is 2. The second-order valence-electron chi connectivity index (χ2n) is 10.7. The fourth-order valence-electron chi connectivity index (χ4n) is 4.58. The molecule has 0 aliphatic rings. The van der Waals surface area contributed by atoms with E-state index in [0.29, 0.717) is 19.3 Å². The van der Waals surface area contributed by atoms with Gasteiger partial charge in [0.15, 0.2) is 0 Å². The Balaban J connectivity index is 4.69. The minimum absolute atomic E-state index is 0.0587. The van der Waals surface area contributed by atoms with Gasteiger partial charge in [0, 0.05) is 19.3 Å². The zero-order chi connectivity index (χ0) is 27.6. The molecule has 0 aliphatic carbocycles. The Bertz CT molecular complexity index is 562. The number of esters is 2. The fraction of sp³-hybridized carbons (Fsp3) is 0.903. The largest absolute Gasteiger partial charge is 0.481 e. The average Bonchev–Trinajstić information content (AvgIpc) is 2.87. The summed E-state index contributed by atoms with van der Waals surface area (Å²) >= 11 is 0. The number of hydrogen-bond acceptors (Lipinski definition) is 5. The molecule has 0 aliphatic heterocycles. The zero-order valence-electron chi connectivity index (χ0n) is 24.4. The van der Waals surface area contributed by atoms with Crippen LogP contribution in [0.2, 0.25) is 0 Å². The molecule has 0 saturated carbocycles. The van der Waals surface area contributed by atoms with Gasteiger partial charge >= 0.3 is 17.9 Å². The molecule has 1 N–H and O–H groups in total. The van der Waals surface area contributed by atoms with Gasteiger partial charge in [-0.25, -0.2) is 0 Å². The Labute approximate surface area is 227 Å². The Kier molecular flexibility index (Phi) is 24.9. The number of hydrogen-bond donors (Lipinski definition) is 1. The molecule has 37 heavy (non-hydrogen) atoms. The van der Waals surface area contributed by atoms with E-state index in [1.165, 1.54) is 51.4 Å². The lowest BCUT2D eigenvalue weighted by Gasteiger charge is -2.22. The number of carboxylic acids is 1. The van der Waals surface area contributed by atoms with Crippen LogP contribution in [0.3, 0.4) is 0 Å². The molecule has 218 valence electrons. The fourth-order valence-corrected chi connectivity index (χ4v) is 4.58. The molecule has 0 rings (SSSR count). The molecule has 0 fully saturated rings. The highest BCUT2D eigenvalue weighted by Crippen LogP contribution is 2.20. The number of carboxylic acid groups (broad SMARTS) is 1. The van der Waals surface area contributed by atoms with Crippen molar-refractivity contribution in [2.45, 2.75) is 168 Å². The van der Waals surface area contributed by atoms with Crippen molar-refractivity contribution in [2.24, 2.45) is 5.92 Å². The Morgan fingerprint density at radius 2 is 1.03 bits per heavy atom. The van der Waals surface area contributed by atoms with E-state index < -0.39 is 18.0 Å². The molecule has 0 aromatic rings. The molecular weight excluding hydrogens is 468 g/mol. The quantitative estimate of drug-likeness (QED) is 0.0849. The smallest absolute Gasteiger partial charge is 0.306 e. The normalized spacial score (nSPS) is 12.7. The summed E-state index contributed by atoms with van der Waals surface area (Å²) in [5.41, 5.74) is 0. The zero-order valence-corrected chi connectivity index (χ0v) is 24.4. The van der Waals surface area contributed by atoms with Gasteiger partial charge in [-0.15, -0.1) is 0 Å². The second-order valence-corrected chi connectivity index (χ2v) is 10.7.